The summed E-state index contributed by atoms with van der Waals surface area (Å²) in [5.41, 5.74) is 1.35. The van der Waals surface area contributed by atoms with Gasteiger partial charge in [0.05, 0.1) is 43.6 Å². The molecule has 0 radical (unpaired) electrons. The third-order valence-corrected chi connectivity index (χ3v) is 10.3. The molecule has 0 unspecified atom stereocenters. The van der Waals surface area contributed by atoms with Gasteiger partial charge in [-0.2, -0.15) is 19.6 Å². The number of rotatable bonds is 6. The van der Waals surface area contributed by atoms with E-state index in [2.05, 4.69) is 58.0 Å². The first-order valence-corrected chi connectivity index (χ1v) is 18.0. The van der Waals surface area contributed by atoms with Crippen molar-refractivity contribution in [3.05, 3.63) is 174 Å². The standard InChI is InChI=1S/C17H10BrCl2FN2O2.C10H4Br2Cl2N2O.C7H7FO/c18-15-14(25-9-10-4-6-11(21)7-5-10)8-22-23(17(15)24)16-12(19)2-1-3-13(16)20;11-5-4-15-16(10(17)8(5)12)9-6(13)2-1-3-7(9)14;8-7-3-1-6(5-9)2-4-7/h1-8H,9H2;1-4H;1-4,9H,5H2. The topological polar surface area (TPSA) is 99.2 Å². The predicted octanol–water partition coefficient (Wildman–Crippen LogP) is 10.4. The number of ether oxygens (including phenoxy) is 1. The van der Waals surface area contributed by atoms with E-state index in [1.54, 1.807) is 60.7 Å². The maximum Gasteiger partial charge on any atom is 0.289 e. The van der Waals surface area contributed by atoms with Gasteiger partial charge >= 0.3 is 0 Å². The molecule has 2 heterocycles. The fourth-order valence-corrected chi connectivity index (χ4v) is 6.00. The molecule has 0 atom stereocenters. The molecule has 51 heavy (non-hydrogen) atoms. The van der Waals surface area contributed by atoms with Gasteiger partial charge in [0.15, 0.2) is 5.75 Å². The quantitative estimate of drug-likeness (QED) is 0.179. The van der Waals surface area contributed by atoms with Gasteiger partial charge in [-0.1, -0.05) is 82.8 Å². The SMILES string of the molecule is O=c1c(Br)c(Br)cnn1-c1c(Cl)cccc1Cl.O=c1c(Br)c(OCc2ccc(F)cc2)cnn1-c1c(Cl)cccc1Cl.OCc1ccc(F)cc1. The minimum atomic E-state index is -0.466. The van der Waals surface area contributed by atoms with Crippen LogP contribution in [0.2, 0.25) is 20.1 Å². The third kappa shape index (κ3) is 10.7. The average molecular weight is 969 g/mol. The first-order chi connectivity index (χ1) is 24.3. The molecule has 6 aromatic rings. The number of halogens is 9. The summed E-state index contributed by atoms with van der Waals surface area (Å²) >= 11 is 33.9. The first kappa shape index (κ1) is 40.6. The van der Waals surface area contributed by atoms with Crippen molar-refractivity contribution in [1.82, 2.24) is 19.6 Å². The van der Waals surface area contributed by atoms with Gasteiger partial charge < -0.3 is 9.84 Å². The molecule has 6 rings (SSSR count). The zero-order valence-electron chi connectivity index (χ0n) is 25.5. The van der Waals surface area contributed by atoms with Crippen molar-refractivity contribution < 1.29 is 18.6 Å². The van der Waals surface area contributed by atoms with Gasteiger partial charge in [0, 0.05) is 0 Å². The van der Waals surface area contributed by atoms with Crippen molar-refractivity contribution in [2.75, 3.05) is 0 Å². The normalized spacial score (nSPS) is 10.5. The lowest BCUT2D eigenvalue weighted by molar-refractivity contribution is 0.281. The number of aromatic nitrogens is 4. The van der Waals surface area contributed by atoms with Gasteiger partial charge in [0.2, 0.25) is 0 Å². The fraction of sp³-hybridized carbons (Fsp3) is 0.0588. The summed E-state index contributed by atoms with van der Waals surface area (Å²) in [6, 6.07) is 21.5. The molecule has 0 saturated heterocycles. The van der Waals surface area contributed by atoms with Gasteiger partial charge in [0.1, 0.15) is 38.6 Å². The maximum atomic E-state index is 12.9. The van der Waals surface area contributed by atoms with Crippen LogP contribution < -0.4 is 15.9 Å². The second-order valence-corrected chi connectivity index (χ2v) is 14.0. The molecule has 0 fully saturated rings. The predicted molar refractivity (Wildman–Crippen MR) is 206 cm³/mol. The first-order valence-electron chi connectivity index (χ1n) is 14.1. The van der Waals surface area contributed by atoms with Crippen LogP contribution in [0.1, 0.15) is 11.1 Å². The molecule has 264 valence electrons. The number of hydrogen-bond donors (Lipinski definition) is 1. The Hall–Kier alpha value is -3.14. The largest absolute Gasteiger partial charge is 0.486 e. The van der Waals surface area contributed by atoms with Crippen LogP contribution in [0.5, 0.6) is 5.75 Å². The number of aliphatic hydroxyl groups excluding tert-OH is 1. The Bertz CT molecular complexity index is 2220. The molecule has 8 nitrogen and oxygen atoms in total. The smallest absolute Gasteiger partial charge is 0.289 e. The second kappa shape index (κ2) is 19.1. The van der Waals surface area contributed by atoms with E-state index in [-0.39, 0.29) is 40.6 Å². The Kier molecular flexibility index (Phi) is 15.2. The summed E-state index contributed by atoms with van der Waals surface area (Å²) in [5, 5.41) is 17.9. The van der Waals surface area contributed by atoms with E-state index in [9.17, 15) is 18.4 Å². The Morgan fingerprint density at radius 3 is 1.49 bits per heavy atom. The van der Waals surface area contributed by atoms with Gasteiger partial charge in [-0.25, -0.2) is 8.78 Å². The molecule has 0 bridgehead atoms. The van der Waals surface area contributed by atoms with E-state index in [0.29, 0.717) is 40.4 Å². The summed E-state index contributed by atoms with van der Waals surface area (Å²) in [6.07, 6.45) is 2.87. The van der Waals surface area contributed by atoms with Crippen LogP contribution in [0.4, 0.5) is 8.78 Å². The summed E-state index contributed by atoms with van der Waals surface area (Å²) in [7, 11) is 0. The molecule has 0 aliphatic heterocycles. The van der Waals surface area contributed by atoms with E-state index in [1.165, 1.54) is 36.7 Å². The molecular formula is C34H21Br3Cl4F2N4O4. The molecule has 2 aromatic heterocycles. The molecule has 0 spiro atoms. The number of nitrogens with zero attached hydrogens (tertiary/aromatic N) is 4. The highest BCUT2D eigenvalue weighted by Crippen LogP contribution is 2.29. The molecule has 0 aliphatic carbocycles. The van der Waals surface area contributed by atoms with E-state index in [0.717, 1.165) is 20.5 Å². The van der Waals surface area contributed by atoms with Crippen LogP contribution in [0, 0.1) is 11.6 Å². The minimum Gasteiger partial charge on any atom is -0.486 e. The highest BCUT2D eigenvalue weighted by atomic mass is 79.9. The van der Waals surface area contributed by atoms with Crippen LogP contribution >= 0.6 is 94.2 Å². The number of hydrogen-bond acceptors (Lipinski definition) is 6. The van der Waals surface area contributed by atoms with Gasteiger partial charge in [0.25, 0.3) is 11.1 Å². The van der Waals surface area contributed by atoms with Crippen molar-refractivity contribution >= 4 is 94.2 Å². The zero-order chi connectivity index (χ0) is 37.2. The lowest BCUT2D eigenvalue weighted by Gasteiger charge is -2.12. The van der Waals surface area contributed by atoms with Gasteiger partial charge in [-0.05, 0) is 107 Å². The van der Waals surface area contributed by atoms with E-state index in [1.807, 2.05) is 0 Å². The lowest BCUT2D eigenvalue weighted by atomic mass is 10.2. The summed E-state index contributed by atoms with van der Waals surface area (Å²) in [4.78, 5) is 24.6. The lowest BCUT2D eigenvalue weighted by Crippen LogP contribution is -2.23. The number of aliphatic hydroxyl groups is 1. The van der Waals surface area contributed by atoms with Crippen molar-refractivity contribution in [2.45, 2.75) is 13.2 Å². The van der Waals surface area contributed by atoms with Crippen LogP contribution in [-0.2, 0) is 13.2 Å². The maximum absolute atomic E-state index is 12.9. The minimum absolute atomic E-state index is 0.0275. The van der Waals surface area contributed by atoms with E-state index >= 15 is 0 Å². The average Bonchev–Trinajstić information content (AvgIpc) is 3.11. The van der Waals surface area contributed by atoms with E-state index in [4.69, 9.17) is 56.2 Å². The zero-order valence-corrected chi connectivity index (χ0v) is 33.3. The fourth-order valence-electron chi connectivity index (χ4n) is 3.96. The van der Waals surface area contributed by atoms with Crippen molar-refractivity contribution in [2.24, 2.45) is 0 Å². The molecule has 0 saturated carbocycles. The molecule has 1 N–H and O–H groups in total. The van der Waals surface area contributed by atoms with Crippen LogP contribution in [0.3, 0.4) is 0 Å². The van der Waals surface area contributed by atoms with E-state index < -0.39 is 5.56 Å². The van der Waals surface area contributed by atoms with Gasteiger partial charge in [-0.3, -0.25) is 9.59 Å². The third-order valence-electron chi connectivity index (χ3n) is 6.47. The van der Waals surface area contributed by atoms with Crippen molar-refractivity contribution in [3.63, 3.8) is 0 Å². The van der Waals surface area contributed by atoms with Crippen molar-refractivity contribution in [1.29, 1.82) is 0 Å². The van der Waals surface area contributed by atoms with Crippen molar-refractivity contribution in [3.8, 4) is 17.1 Å². The Balaban J connectivity index is 0.000000192. The highest BCUT2D eigenvalue weighted by Gasteiger charge is 2.16. The molecule has 4 aromatic carbocycles. The molecule has 0 aliphatic rings. The van der Waals surface area contributed by atoms with Gasteiger partial charge in [-0.15, -0.1) is 0 Å². The summed E-state index contributed by atoms with van der Waals surface area (Å²) in [6.45, 7) is 0.136. The number of para-hydroxylation sites is 2. The Morgan fingerprint density at radius 2 is 1.04 bits per heavy atom. The van der Waals surface area contributed by atoms with Crippen LogP contribution in [-0.4, -0.2) is 24.7 Å². The Morgan fingerprint density at radius 1 is 0.627 bits per heavy atom. The monoisotopic (exact) mass is 964 g/mol. The van der Waals surface area contributed by atoms with Crippen LogP contribution in [0.15, 0.2) is 120 Å². The highest BCUT2D eigenvalue weighted by molar-refractivity contribution is 9.13. The molecular weight excluding hydrogens is 948 g/mol. The second-order valence-electron chi connectivity index (χ2n) is 9.90. The van der Waals surface area contributed by atoms with Crippen LogP contribution in [0.25, 0.3) is 11.4 Å². The Labute approximate surface area is 334 Å². The summed E-state index contributed by atoms with van der Waals surface area (Å²) < 4.78 is 34.0. The molecule has 0 amide bonds. The number of benzene rings is 4. The molecule has 17 heteroatoms. The summed E-state index contributed by atoms with van der Waals surface area (Å²) in [5.74, 6) is -0.341.